The Kier molecular flexibility index (Phi) is 4.07. The number of nitrogens with zero attached hydrogens (tertiary/aromatic N) is 2. The fraction of sp³-hybridized carbons (Fsp3) is 0.500. The van der Waals surface area contributed by atoms with Crippen molar-refractivity contribution in [3.8, 4) is 0 Å². The molecule has 1 aliphatic rings. The molecule has 1 aliphatic heterocycles. The zero-order valence-electron chi connectivity index (χ0n) is 12.6. The normalized spacial score (nSPS) is 27.7. The first-order chi connectivity index (χ1) is 10.8. The third-order valence-corrected chi connectivity index (χ3v) is 4.60. The van der Waals surface area contributed by atoms with Gasteiger partial charge in [0.2, 0.25) is 5.78 Å². The summed E-state index contributed by atoms with van der Waals surface area (Å²) in [5.74, 6) is 0.290. The molecule has 8 nitrogen and oxygen atoms in total. The number of aliphatic hydroxyl groups excluding tert-OH is 3. The number of H-pyrrole nitrogens is 1. The van der Waals surface area contributed by atoms with Gasteiger partial charge >= 0.3 is 0 Å². The second-order valence-electron chi connectivity index (χ2n) is 5.62. The summed E-state index contributed by atoms with van der Waals surface area (Å²) in [7, 11) is 0. The van der Waals surface area contributed by atoms with Crippen LogP contribution >= 0.6 is 12.2 Å². The smallest absolute Gasteiger partial charge is 0.255 e. The highest BCUT2D eigenvalue weighted by Crippen LogP contribution is 2.33. The molecule has 3 heterocycles. The van der Waals surface area contributed by atoms with Gasteiger partial charge in [-0.3, -0.25) is 14.2 Å². The topological polar surface area (TPSA) is 120 Å². The number of nitrogens with one attached hydrogen (secondary N) is 1. The number of rotatable bonds is 2. The van der Waals surface area contributed by atoms with Crippen LogP contribution in [0.4, 0.5) is 0 Å². The Hall–Kier alpha value is -1.65. The molecule has 1 unspecified atom stereocenters. The maximum Gasteiger partial charge on any atom is 0.255 e. The van der Waals surface area contributed by atoms with Crippen LogP contribution in [0, 0.1) is 18.5 Å². The van der Waals surface area contributed by atoms with Gasteiger partial charge < -0.3 is 20.1 Å². The number of aliphatic hydroxyl groups is 3. The van der Waals surface area contributed by atoms with E-state index in [1.807, 2.05) is 0 Å². The molecule has 3 rings (SSSR count). The minimum absolute atomic E-state index is 0.152. The first-order valence-electron chi connectivity index (χ1n) is 7.10. The van der Waals surface area contributed by atoms with Gasteiger partial charge in [-0.2, -0.15) is 0 Å². The van der Waals surface area contributed by atoms with Crippen LogP contribution in [-0.2, 0) is 4.74 Å². The lowest BCUT2D eigenvalue weighted by Crippen LogP contribution is -2.32. The van der Waals surface area contributed by atoms with Crippen LogP contribution < -0.4 is 5.56 Å². The van der Waals surface area contributed by atoms with Crippen LogP contribution in [0.15, 0.2) is 11.0 Å². The molecule has 2 aromatic rings. The number of aromatic nitrogens is 3. The van der Waals surface area contributed by atoms with Gasteiger partial charge in [-0.25, -0.2) is 4.98 Å². The van der Waals surface area contributed by atoms with Crippen molar-refractivity contribution >= 4 is 18.0 Å². The molecule has 1 fully saturated rings. The van der Waals surface area contributed by atoms with Crippen molar-refractivity contribution in [3.05, 3.63) is 38.0 Å². The number of hydrogen-bond donors (Lipinski definition) is 4. The largest absolute Gasteiger partial charge is 0.394 e. The van der Waals surface area contributed by atoms with E-state index >= 15 is 0 Å². The van der Waals surface area contributed by atoms with Crippen LogP contribution in [0.2, 0.25) is 0 Å². The minimum atomic E-state index is -1.22. The average Bonchev–Trinajstić information content (AvgIpc) is 2.80. The fourth-order valence-electron chi connectivity index (χ4n) is 2.71. The first kappa shape index (κ1) is 16.2. The first-order valence-corrected chi connectivity index (χ1v) is 7.51. The van der Waals surface area contributed by atoms with Gasteiger partial charge in [0, 0.05) is 23.0 Å². The third kappa shape index (κ3) is 2.50. The van der Waals surface area contributed by atoms with Crippen LogP contribution in [0.5, 0.6) is 0 Å². The molecule has 124 valence electrons. The summed E-state index contributed by atoms with van der Waals surface area (Å²) in [5.41, 5.74) is 1.38. The van der Waals surface area contributed by atoms with Crippen molar-refractivity contribution < 1.29 is 20.1 Å². The Morgan fingerprint density at radius 1 is 1.39 bits per heavy atom. The molecule has 0 saturated carbocycles. The van der Waals surface area contributed by atoms with Gasteiger partial charge in [0.15, 0.2) is 0 Å². The molecule has 0 amide bonds. The van der Waals surface area contributed by atoms with E-state index in [0.717, 1.165) is 0 Å². The van der Waals surface area contributed by atoms with Gasteiger partial charge in [-0.15, -0.1) is 0 Å². The quantitative estimate of drug-likeness (QED) is 0.546. The van der Waals surface area contributed by atoms with Crippen molar-refractivity contribution in [1.82, 2.24) is 14.4 Å². The summed E-state index contributed by atoms with van der Waals surface area (Å²) in [5, 5.41) is 29.2. The molecule has 0 aliphatic carbocycles. The Labute approximate surface area is 136 Å². The molecule has 2 aromatic heterocycles. The van der Waals surface area contributed by atoms with Crippen LogP contribution in [-0.4, -0.2) is 54.6 Å². The highest BCUT2D eigenvalue weighted by molar-refractivity contribution is 7.71. The van der Waals surface area contributed by atoms with Gasteiger partial charge in [0.05, 0.1) is 6.61 Å². The molecule has 0 bridgehead atoms. The summed E-state index contributed by atoms with van der Waals surface area (Å²) >= 11 is 5.22. The fourth-order valence-corrected chi connectivity index (χ4v) is 2.96. The number of fused-ring (bicyclic) bond motifs is 1. The van der Waals surface area contributed by atoms with E-state index in [1.165, 1.54) is 0 Å². The van der Waals surface area contributed by atoms with E-state index in [9.17, 15) is 20.1 Å². The molecule has 4 atom stereocenters. The van der Waals surface area contributed by atoms with Gasteiger partial charge in [0.1, 0.15) is 29.1 Å². The van der Waals surface area contributed by atoms with E-state index < -0.39 is 31.0 Å². The Bertz CT molecular complexity index is 877. The van der Waals surface area contributed by atoms with E-state index in [1.54, 1.807) is 24.4 Å². The standard InChI is InChI=1S/C14H17N3O5S/c1-5-6(2)17-3-7(13(23)16-14(17)15-12(5)21)11-10(20)9(19)8(4-18)22-11/h3,8-11,18-20H,4H2,1-2H3,(H,15,16,21,23)/t8-,9?,10+,11+/m1/s1. The monoisotopic (exact) mass is 339 g/mol. The van der Waals surface area contributed by atoms with E-state index in [-0.39, 0.29) is 10.2 Å². The maximum atomic E-state index is 11.8. The molecule has 0 aromatic carbocycles. The molecule has 23 heavy (non-hydrogen) atoms. The summed E-state index contributed by atoms with van der Waals surface area (Å²) in [6.07, 6.45) is -2.59. The lowest BCUT2D eigenvalue weighted by Gasteiger charge is -2.16. The summed E-state index contributed by atoms with van der Waals surface area (Å²) in [6, 6.07) is 0. The zero-order chi connectivity index (χ0) is 16.9. The van der Waals surface area contributed by atoms with Crippen molar-refractivity contribution in [1.29, 1.82) is 0 Å². The van der Waals surface area contributed by atoms with Gasteiger partial charge in [-0.1, -0.05) is 12.2 Å². The highest BCUT2D eigenvalue weighted by Gasteiger charge is 2.43. The Morgan fingerprint density at radius 2 is 2.09 bits per heavy atom. The number of hydrogen-bond acceptors (Lipinski definition) is 7. The molecular formula is C14H17N3O5S. The highest BCUT2D eigenvalue weighted by atomic mass is 32.1. The number of aryl methyl sites for hydroxylation is 1. The molecule has 0 radical (unpaired) electrons. The average molecular weight is 339 g/mol. The summed E-state index contributed by atoms with van der Waals surface area (Å²) in [6.45, 7) is 3.04. The molecule has 4 N–H and O–H groups in total. The number of aromatic amines is 1. The second kappa shape index (κ2) is 5.77. The van der Waals surface area contributed by atoms with E-state index in [2.05, 4.69) is 9.97 Å². The summed E-state index contributed by atoms with van der Waals surface area (Å²) in [4.78, 5) is 18.6. The summed E-state index contributed by atoms with van der Waals surface area (Å²) < 4.78 is 7.30. The van der Waals surface area contributed by atoms with Crippen LogP contribution in [0.3, 0.4) is 0 Å². The van der Waals surface area contributed by atoms with Crippen molar-refractivity contribution in [3.63, 3.8) is 0 Å². The molecule has 1 saturated heterocycles. The Balaban J connectivity index is 2.18. The lowest BCUT2D eigenvalue weighted by molar-refractivity contribution is -0.0230. The SMILES string of the molecule is Cc1c(C)n2cc([C@@H]3O[C@H](CO)C(O)[C@@H]3O)c(=S)nc2[nH]c1=O. The molecular weight excluding hydrogens is 322 g/mol. The maximum absolute atomic E-state index is 11.8. The Morgan fingerprint density at radius 3 is 2.70 bits per heavy atom. The predicted molar refractivity (Wildman–Crippen MR) is 82.8 cm³/mol. The molecule has 9 heteroatoms. The van der Waals surface area contributed by atoms with Crippen LogP contribution in [0.1, 0.15) is 22.9 Å². The lowest BCUT2D eigenvalue weighted by atomic mass is 10.0. The van der Waals surface area contributed by atoms with Crippen molar-refractivity contribution in [2.45, 2.75) is 38.3 Å². The van der Waals surface area contributed by atoms with Gasteiger partial charge in [-0.05, 0) is 13.8 Å². The molecule has 0 spiro atoms. The third-order valence-electron chi connectivity index (χ3n) is 4.27. The predicted octanol–water partition coefficient (Wildman–Crippen LogP) is -0.477. The van der Waals surface area contributed by atoms with Gasteiger partial charge in [0.25, 0.3) is 5.56 Å². The second-order valence-corrected chi connectivity index (χ2v) is 6.01. The number of ether oxygens (including phenoxy) is 1. The van der Waals surface area contributed by atoms with Crippen molar-refractivity contribution in [2.24, 2.45) is 0 Å². The van der Waals surface area contributed by atoms with Crippen molar-refractivity contribution in [2.75, 3.05) is 6.61 Å². The van der Waals surface area contributed by atoms with E-state index in [0.29, 0.717) is 22.6 Å². The van der Waals surface area contributed by atoms with Crippen LogP contribution in [0.25, 0.3) is 5.78 Å². The van der Waals surface area contributed by atoms with E-state index in [4.69, 9.17) is 17.0 Å². The zero-order valence-corrected chi connectivity index (χ0v) is 13.4. The minimum Gasteiger partial charge on any atom is -0.394 e.